The number of carbonyl (C=O) groups is 1. The van der Waals surface area contributed by atoms with Crippen molar-refractivity contribution in [1.29, 1.82) is 0 Å². The maximum atomic E-state index is 12.3. The van der Waals surface area contributed by atoms with Gasteiger partial charge in [-0.1, -0.05) is 24.3 Å². The zero-order chi connectivity index (χ0) is 26.0. The van der Waals surface area contributed by atoms with Gasteiger partial charge in [-0.2, -0.15) is 4.98 Å². The van der Waals surface area contributed by atoms with Crippen molar-refractivity contribution in [2.75, 3.05) is 11.9 Å². The third kappa shape index (κ3) is 5.84. The zero-order valence-electron chi connectivity index (χ0n) is 20.1. The number of ether oxygens (including phenoxy) is 1. The van der Waals surface area contributed by atoms with Gasteiger partial charge in [-0.25, -0.2) is 23.5 Å². The van der Waals surface area contributed by atoms with E-state index in [4.69, 9.17) is 14.9 Å². The number of fused-ring (bicyclic) bond motifs is 1. The van der Waals surface area contributed by atoms with Gasteiger partial charge in [0.25, 0.3) is 5.91 Å². The van der Waals surface area contributed by atoms with Crippen molar-refractivity contribution >= 4 is 32.9 Å². The maximum absolute atomic E-state index is 12.3. The molecule has 0 atom stereocenters. The molecule has 0 aliphatic heterocycles. The number of carbonyl (C=O) groups excluding carboxylic acids is 1. The molecule has 4 N–H and O–H groups in total. The number of amides is 1. The Labute approximate surface area is 214 Å². The molecule has 4 aromatic rings. The molecule has 1 fully saturated rings. The lowest BCUT2D eigenvalue weighted by atomic mass is 10.1. The van der Waals surface area contributed by atoms with Crippen LogP contribution in [0.4, 0.5) is 5.95 Å². The summed E-state index contributed by atoms with van der Waals surface area (Å²) in [5.74, 6) is 0.641. The van der Waals surface area contributed by atoms with Crippen molar-refractivity contribution in [3.05, 3.63) is 71.8 Å². The van der Waals surface area contributed by atoms with Crippen molar-refractivity contribution < 1.29 is 17.9 Å². The highest BCUT2D eigenvalue weighted by Gasteiger charge is 2.23. The predicted octanol–water partition coefficient (Wildman–Crippen LogP) is 3.24. The fourth-order valence-electron chi connectivity index (χ4n) is 3.73. The molecule has 11 heteroatoms. The van der Waals surface area contributed by atoms with E-state index in [1.54, 1.807) is 24.3 Å². The molecule has 37 heavy (non-hydrogen) atoms. The van der Waals surface area contributed by atoms with Crippen LogP contribution in [0.2, 0.25) is 0 Å². The third-order valence-electron chi connectivity index (χ3n) is 5.85. The van der Waals surface area contributed by atoms with Crippen LogP contribution in [-0.4, -0.2) is 41.9 Å². The van der Waals surface area contributed by atoms with Crippen LogP contribution in [0.15, 0.2) is 65.6 Å². The van der Waals surface area contributed by atoms with E-state index in [-0.39, 0.29) is 10.8 Å². The second kappa shape index (κ2) is 10.1. The number of nitrogens with two attached hydrogens (primary N) is 1. The SMILES string of the molecule is CCOc1nc(NCc2ccc(S(N)(=O)=O)cc2)nc2ccc(-c3ccc(C(=O)NC4CC4)cc3)nc12. The number of hydrogen-bond acceptors (Lipinski definition) is 8. The molecule has 2 aromatic carbocycles. The minimum Gasteiger partial charge on any atom is -0.476 e. The van der Waals surface area contributed by atoms with Crippen LogP contribution in [0.25, 0.3) is 22.3 Å². The molecular formula is C26H26N6O4S. The summed E-state index contributed by atoms with van der Waals surface area (Å²) in [6.45, 7) is 2.63. The number of pyridine rings is 1. The van der Waals surface area contributed by atoms with E-state index in [1.165, 1.54) is 12.1 Å². The molecule has 2 heterocycles. The Balaban J connectivity index is 1.36. The number of rotatable bonds is 9. The summed E-state index contributed by atoms with van der Waals surface area (Å²) in [7, 11) is -3.74. The maximum Gasteiger partial charge on any atom is 0.251 e. The molecule has 0 bridgehead atoms. The first-order chi connectivity index (χ1) is 17.8. The molecule has 1 saturated carbocycles. The quantitative estimate of drug-likeness (QED) is 0.306. The van der Waals surface area contributed by atoms with Crippen molar-refractivity contribution in [2.45, 2.75) is 37.2 Å². The van der Waals surface area contributed by atoms with E-state index < -0.39 is 10.0 Å². The number of hydrogen-bond donors (Lipinski definition) is 3. The molecule has 0 saturated heterocycles. The molecule has 1 aliphatic carbocycles. The normalized spacial score (nSPS) is 13.4. The average molecular weight is 519 g/mol. The first kappa shape index (κ1) is 24.6. The largest absolute Gasteiger partial charge is 0.476 e. The molecule has 0 radical (unpaired) electrons. The van der Waals surface area contributed by atoms with Gasteiger partial charge in [0.1, 0.15) is 0 Å². The molecule has 1 aliphatic rings. The molecule has 5 rings (SSSR count). The van der Waals surface area contributed by atoms with E-state index >= 15 is 0 Å². The molecule has 0 unspecified atom stereocenters. The minimum atomic E-state index is -3.74. The Hall–Kier alpha value is -4.09. The van der Waals surface area contributed by atoms with Crippen molar-refractivity contribution in [3.63, 3.8) is 0 Å². The number of aromatic nitrogens is 3. The monoisotopic (exact) mass is 518 g/mol. The summed E-state index contributed by atoms with van der Waals surface area (Å²) in [6, 6.07) is 17.6. The predicted molar refractivity (Wildman–Crippen MR) is 140 cm³/mol. The first-order valence-corrected chi connectivity index (χ1v) is 13.4. The molecule has 1 amide bonds. The molecule has 10 nitrogen and oxygen atoms in total. The van der Waals surface area contributed by atoms with Gasteiger partial charge in [0.15, 0.2) is 5.52 Å². The fraction of sp³-hybridized carbons (Fsp3) is 0.231. The molecule has 2 aromatic heterocycles. The smallest absolute Gasteiger partial charge is 0.251 e. The number of anilines is 1. The minimum absolute atomic E-state index is 0.0508. The lowest BCUT2D eigenvalue weighted by Crippen LogP contribution is -2.25. The Kier molecular flexibility index (Phi) is 6.72. The molecular weight excluding hydrogens is 492 g/mol. The van der Waals surface area contributed by atoms with Gasteiger partial charge in [0.2, 0.25) is 21.9 Å². The van der Waals surface area contributed by atoms with Crippen LogP contribution < -0.4 is 20.5 Å². The summed E-state index contributed by atoms with van der Waals surface area (Å²) < 4.78 is 28.7. The Morgan fingerprint density at radius 3 is 2.38 bits per heavy atom. The van der Waals surface area contributed by atoms with Crippen LogP contribution in [0.3, 0.4) is 0 Å². The van der Waals surface area contributed by atoms with Crippen LogP contribution >= 0.6 is 0 Å². The van der Waals surface area contributed by atoms with E-state index in [2.05, 4.69) is 20.6 Å². The summed E-state index contributed by atoms with van der Waals surface area (Å²) in [5.41, 5.74) is 4.15. The van der Waals surface area contributed by atoms with E-state index in [0.717, 1.165) is 24.0 Å². The van der Waals surface area contributed by atoms with E-state index in [0.29, 0.717) is 53.3 Å². The summed E-state index contributed by atoms with van der Waals surface area (Å²) in [6.07, 6.45) is 2.08. The topological polar surface area (TPSA) is 149 Å². The van der Waals surface area contributed by atoms with Gasteiger partial charge < -0.3 is 15.4 Å². The van der Waals surface area contributed by atoms with Gasteiger partial charge in [-0.05, 0) is 61.7 Å². The van der Waals surface area contributed by atoms with Crippen LogP contribution in [-0.2, 0) is 16.6 Å². The zero-order valence-corrected chi connectivity index (χ0v) is 21.0. The summed E-state index contributed by atoms with van der Waals surface area (Å²) >= 11 is 0. The summed E-state index contributed by atoms with van der Waals surface area (Å²) in [4.78, 5) is 26.1. The van der Waals surface area contributed by atoms with Gasteiger partial charge in [-0.15, -0.1) is 0 Å². The van der Waals surface area contributed by atoms with E-state index in [1.807, 2.05) is 31.2 Å². The van der Waals surface area contributed by atoms with Crippen molar-refractivity contribution in [1.82, 2.24) is 20.3 Å². The first-order valence-electron chi connectivity index (χ1n) is 11.9. The third-order valence-corrected chi connectivity index (χ3v) is 6.78. The number of benzene rings is 2. The standard InChI is InChI=1S/C26H26N6O4S/c1-2-36-25-23-22(31-26(32-25)28-15-16-3-11-20(12-4-16)37(27,34)35)14-13-21(30-23)17-5-7-18(8-6-17)24(33)29-19-9-10-19/h3-8,11-14,19H,2,9-10,15H2,1H3,(H,29,33)(H2,27,34,35)(H,28,31,32). The van der Waals surface area contributed by atoms with Gasteiger partial charge >= 0.3 is 0 Å². The second-order valence-electron chi connectivity index (χ2n) is 8.72. The number of nitrogens with one attached hydrogen (secondary N) is 2. The highest BCUT2D eigenvalue weighted by Crippen LogP contribution is 2.27. The van der Waals surface area contributed by atoms with Gasteiger partial charge in [0, 0.05) is 23.7 Å². The van der Waals surface area contributed by atoms with Crippen LogP contribution in [0, 0.1) is 0 Å². The van der Waals surface area contributed by atoms with E-state index in [9.17, 15) is 13.2 Å². The van der Waals surface area contributed by atoms with Crippen LogP contribution in [0.1, 0.15) is 35.7 Å². The Morgan fingerprint density at radius 2 is 1.73 bits per heavy atom. The highest BCUT2D eigenvalue weighted by molar-refractivity contribution is 7.89. The Bertz CT molecular complexity index is 1550. The van der Waals surface area contributed by atoms with Crippen LogP contribution in [0.5, 0.6) is 5.88 Å². The molecule has 0 spiro atoms. The Morgan fingerprint density at radius 1 is 1.00 bits per heavy atom. The summed E-state index contributed by atoms with van der Waals surface area (Å²) in [5, 5.41) is 11.3. The lowest BCUT2D eigenvalue weighted by Gasteiger charge is -2.11. The van der Waals surface area contributed by atoms with Crippen molar-refractivity contribution in [3.8, 4) is 17.1 Å². The molecule has 190 valence electrons. The fourth-order valence-corrected chi connectivity index (χ4v) is 4.25. The number of sulfonamides is 1. The number of primary sulfonamides is 1. The second-order valence-corrected chi connectivity index (χ2v) is 10.3. The highest BCUT2D eigenvalue weighted by atomic mass is 32.2. The van der Waals surface area contributed by atoms with Gasteiger partial charge in [0.05, 0.1) is 22.7 Å². The van der Waals surface area contributed by atoms with Crippen molar-refractivity contribution in [2.24, 2.45) is 5.14 Å². The average Bonchev–Trinajstić information content (AvgIpc) is 3.71. The lowest BCUT2D eigenvalue weighted by molar-refractivity contribution is 0.0951. The van der Waals surface area contributed by atoms with Gasteiger partial charge in [-0.3, -0.25) is 4.79 Å². The number of nitrogens with zero attached hydrogens (tertiary/aromatic N) is 3.